The number of aryl methyl sites for hydroxylation is 2. The van der Waals surface area contributed by atoms with Crippen LogP contribution in [-0.4, -0.2) is 19.7 Å². The van der Waals surface area contributed by atoms with Crippen molar-refractivity contribution in [2.75, 3.05) is 0 Å². The second-order valence-corrected chi connectivity index (χ2v) is 9.64. The van der Waals surface area contributed by atoms with Gasteiger partial charge in [-0.2, -0.15) is 0 Å². The predicted molar refractivity (Wildman–Crippen MR) is 149 cm³/mol. The van der Waals surface area contributed by atoms with Gasteiger partial charge in [0.25, 0.3) is 5.56 Å². The summed E-state index contributed by atoms with van der Waals surface area (Å²) in [6, 6.07) is 18.9. The molecule has 0 aliphatic carbocycles. The molecule has 0 unspecified atom stereocenters. The van der Waals surface area contributed by atoms with Crippen LogP contribution < -0.4 is 40.9 Å². The van der Waals surface area contributed by atoms with Crippen LogP contribution in [0.3, 0.4) is 0 Å². The van der Waals surface area contributed by atoms with E-state index in [4.69, 9.17) is 4.98 Å². The van der Waals surface area contributed by atoms with Crippen molar-refractivity contribution in [2.45, 2.75) is 46.1 Å². The van der Waals surface area contributed by atoms with Crippen molar-refractivity contribution < 1.29 is 44.3 Å². The first-order chi connectivity index (χ1) is 19.4. The van der Waals surface area contributed by atoms with Gasteiger partial charge < -0.3 is 1.43 Å². The van der Waals surface area contributed by atoms with Gasteiger partial charge in [0, 0.05) is 23.1 Å². The Bertz CT molecular complexity index is 1760. The van der Waals surface area contributed by atoms with E-state index < -0.39 is 17.4 Å². The van der Waals surface area contributed by atoms with Crippen molar-refractivity contribution in [1.82, 2.24) is 19.7 Å². The second kappa shape index (κ2) is 13.3. The molecular formula is C31H29F2N4NaO3. The van der Waals surface area contributed by atoms with Gasteiger partial charge in [0.2, 0.25) is 0 Å². The minimum absolute atomic E-state index is 0. The Kier molecular flexibility index (Phi) is 9.86. The fraction of sp³-hybridized carbons (Fsp3) is 0.226. The van der Waals surface area contributed by atoms with E-state index in [1.54, 1.807) is 6.92 Å². The molecule has 7 nitrogen and oxygen atoms in total. The fourth-order valence-electron chi connectivity index (χ4n) is 4.81. The zero-order chi connectivity index (χ0) is 28.2. The first-order valence-corrected chi connectivity index (χ1v) is 13.1. The van der Waals surface area contributed by atoms with Crippen molar-refractivity contribution >= 4 is 0 Å². The molecule has 0 atom stereocenters. The normalized spacial score (nSPS) is 10.9. The topological polar surface area (TPSA) is 93.8 Å². The first kappa shape index (κ1) is 30.3. The molecule has 0 spiro atoms. The van der Waals surface area contributed by atoms with Crippen LogP contribution in [0.4, 0.5) is 8.78 Å². The van der Waals surface area contributed by atoms with Crippen molar-refractivity contribution in [3.63, 3.8) is 0 Å². The molecule has 3 aromatic carbocycles. The Morgan fingerprint density at radius 2 is 1.61 bits per heavy atom. The molecule has 2 aromatic heterocycles. The van der Waals surface area contributed by atoms with Crippen molar-refractivity contribution in [2.24, 2.45) is 0 Å². The monoisotopic (exact) mass is 566 g/mol. The maximum absolute atomic E-state index is 14.4. The molecule has 0 saturated heterocycles. The third-order valence-electron chi connectivity index (χ3n) is 6.95. The Morgan fingerprint density at radius 1 is 0.927 bits per heavy atom. The van der Waals surface area contributed by atoms with Gasteiger partial charge in [0.1, 0.15) is 17.5 Å². The van der Waals surface area contributed by atoms with Gasteiger partial charge in [0.05, 0.1) is 12.2 Å². The summed E-state index contributed by atoms with van der Waals surface area (Å²) >= 11 is 0. The van der Waals surface area contributed by atoms with Crippen molar-refractivity contribution in [3.05, 3.63) is 127 Å². The van der Waals surface area contributed by atoms with E-state index in [2.05, 4.69) is 21.6 Å². The summed E-state index contributed by atoms with van der Waals surface area (Å²) in [4.78, 5) is 32.5. The molecule has 5 aromatic rings. The molecule has 1 N–H and O–H groups in total. The number of nitrogens with zero attached hydrogens (tertiary/aromatic N) is 3. The van der Waals surface area contributed by atoms with Crippen LogP contribution in [0.25, 0.3) is 22.5 Å². The van der Waals surface area contributed by atoms with E-state index in [0.29, 0.717) is 41.3 Å². The average molecular weight is 567 g/mol. The number of nitrogens with one attached hydrogen (secondary N) is 1. The fourth-order valence-corrected chi connectivity index (χ4v) is 4.81. The van der Waals surface area contributed by atoms with Crippen molar-refractivity contribution in [1.29, 1.82) is 0 Å². The van der Waals surface area contributed by atoms with E-state index >= 15 is 0 Å². The summed E-state index contributed by atoms with van der Waals surface area (Å²) in [6.07, 6.45) is 2.76. The van der Waals surface area contributed by atoms with Crippen LogP contribution in [0.1, 0.15) is 49.4 Å². The van der Waals surface area contributed by atoms with Gasteiger partial charge in [-0.1, -0.05) is 73.1 Å². The summed E-state index contributed by atoms with van der Waals surface area (Å²) in [7, 11) is 0. The summed E-state index contributed by atoms with van der Waals surface area (Å²) < 4.78 is 34.8. The smallest absolute Gasteiger partial charge is 1.00 e. The molecule has 0 fully saturated rings. The quantitative estimate of drug-likeness (QED) is 0.277. The minimum Gasteiger partial charge on any atom is -1.00 e. The molecule has 2 heterocycles. The van der Waals surface area contributed by atoms with Crippen molar-refractivity contribution in [3.8, 4) is 22.5 Å². The van der Waals surface area contributed by atoms with E-state index in [1.807, 2.05) is 48.5 Å². The van der Waals surface area contributed by atoms with Crippen LogP contribution >= 0.6 is 0 Å². The Morgan fingerprint density at radius 3 is 2.24 bits per heavy atom. The van der Waals surface area contributed by atoms with Gasteiger partial charge in [-0.15, -0.1) is 0 Å². The minimum atomic E-state index is -0.700. The number of aromatic nitrogens is 4. The third kappa shape index (κ3) is 6.64. The molecule has 0 amide bonds. The summed E-state index contributed by atoms with van der Waals surface area (Å²) in [5, 5.41) is 3.81. The Hall–Kier alpha value is -3.66. The molecule has 0 saturated carbocycles. The number of hydrogen-bond donors (Lipinski definition) is 1. The van der Waals surface area contributed by atoms with E-state index in [1.165, 1.54) is 22.8 Å². The number of halogens is 2. The number of unbranched alkanes of at least 4 members (excludes halogenated alkanes) is 1. The van der Waals surface area contributed by atoms with Crippen LogP contribution in [0.15, 0.2) is 80.8 Å². The van der Waals surface area contributed by atoms with Gasteiger partial charge in [0.15, 0.2) is 5.82 Å². The molecule has 0 radical (unpaired) electrons. The summed E-state index contributed by atoms with van der Waals surface area (Å²) in [5.74, 6) is -1.28. The van der Waals surface area contributed by atoms with Gasteiger partial charge in [-0.3, -0.25) is 18.9 Å². The molecule has 5 rings (SSSR count). The maximum atomic E-state index is 14.4. The first-order valence-electron chi connectivity index (χ1n) is 13.1. The van der Waals surface area contributed by atoms with E-state index in [9.17, 15) is 18.4 Å². The van der Waals surface area contributed by atoms with Gasteiger partial charge in [-0.05, 0) is 48.6 Å². The molecular weight excluding hydrogens is 537 g/mol. The Balaban J connectivity index is 0.00000242. The zero-order valence-corrected chi connectivity index (χ0v) is 25.2. The predicted octanol–water partition coefficient (Wildman–Crippen LogP) is 2.94. The number of benzene rings is 3. The summed E-state index contributed by atoms with van der Waals surface area (Å²) in [6.45, 7) is 3.52. The van der Waals surface area contributed by atoms with Gasteiger partial charge >= 0.3 is 35.3 Å². The van der Waals surface area contributed by atoms with Crippen LogP contribution in [0.5, 0.6) is 0 Å². The standard InChI is InChI=1S/C31H28F2N4O3.Na.H/c1-3-4-12-28-24(30(38)37(19(2)34-28)18-25-26(32)10-7-11-27(25)33)17-20-13-15-21(16-14-20)22-8-5-6-9-23(22)29-35-31(39)40-36-29;;/h5-11,13-16H,3-4,12,17-18H2,1-2H3,(H,35,36,39);;/q;+1;-1. The molecule has 0 aliphatic heterocycles. The largest absolute Gasteiger partial charge is 1.00 e. The average Bonchev–Trinajstić information content (AvgIpc) is 3.39. The molecule has 41 heavy (non-hydrogen) atoms. The number of H-pyrrole nitrogens is 1. The molecule has 0 aliphatic rings. The second-order valence-electron chi connectivity index (χ2n) is 9.64. The molecule has 0 bridgehead atoms. The number of rotatable bonds is 9. The molecule has 206 valence electrons. The number of aromatic amines is 1. The van der Waals surface area contributed by atoms with E-state index in [-0.39, 0.29) is 48.7 Å². The SMILES string of the molecule is CCCCc1nc(C)n(Cc2c(F)cccc2F)c(=O)c1Cc1ccc(-c2ccccc2-c2noc(=O)[nH]2)cc1.[H-].[Na+]. The van der Waals surface area contributed by atoms with Crippen LogP contribution in [-0.2, 0) is 19.4 Å². The van der Waals surface area contributed by atoms with Crippen LogP contribution in [0, 0.1) is 18.6 Å². The van der Waals surface area contributed by atoms with E-state index in [0.717, 1.165) is 29.5 Å². The Labute approximate surface area is 259 Å². The number of hydrogen-bond acceptors (Lipinski definition) is 5. The van der Waals surface area contributed by atoms with Crippen LogP contribution in [0.2, 0.25) is 0 Å². The molecule has 10 heteroatoms. The summed E-state index contributed by atoms with van der Waals surface area (Å²) in [5.41, 5.74) is 4.11. The zero-order valence-electron chi connectivity index (χ0n) is 24.2. The maximum Gasteiger partial charge on any atom is 1.00 e. The van der Waals surface area contributed by atoms with Gasteiger partial charge in [-0.25, -0.2) is 18.6 Å². The third-order valence-corrected chi connectivity index (χ3v) is 6.95.